The molecule has 5 heteroatoms. The van der Waals surface area contributed by atoms with Crippen LogP contribution in [0.3, 0.4) is 0 Å². The number of benzene rings is 2. The molecule has 2 aromatic carbocycles. The number of carboxylic acids is 1. The molecule has 25 heavy (non-hydrogen) atoms. The van der Waals surface area contributed by atoms with Crippen molar-refractivity contribution in [2.45, 2.75) is 19.3 Å². The van der Waals surface area contributed by atoms with Crippen molar-refractivity contribution in [1.29, 1.82) is 0 Å². The summed E-state index contributed by atoms with van der Waals surface area (Å²) in [4.78, 5) is 25.3. The van der Waals surface area contributed by atoms with Gasteiger partial charge in [0.2, 0.25) is 0 Å². The molecule has 5 nitrogen and oxygen atoms in total. The van der Waals surface area contributed by atoms with Gasteiger partial charge in [-0.1, -0.05) is 48.5 Å². The van der Waals surface area contributed by atoms with Crippen molar-refractivity contribution in [2.75, 3.05) is 18.4 Å². The van der Waals surface area contributed by atoms with Crippen molar-refractivity contribution in [1.82, 2.24) is 4.90 Å². The first-order valence-electron chi connectivity index (χ1n) is 8.54. The zero-order valence-corrected chi connectivity index (χ0v) is 14.0. The molecule has 2 amide bonds. The van der Waals surface area contributed by atoms with Gasteiger partial charge in [-0.3, -0.25) is 4.79 Å². The Hall–Kier alpha value is -2.82. The van der Waals surface area contributed by atoms with Crippen LogP contribution in [0.2, 0.25) is 0 Å². The van der Waals surface area contributed by atoms with Crippen LogP contribution >= 0.6 is 0 Å². The van der Waals surface area contributed by atoms with Gasteiger partial charge in [-0.15, -0.1) is 0 Å². The molecule has 2 N–H and O–H groups in total. The number of carbonyl (C=O) groups is 2. The van der Waals surface area contributed by atoms with Crippen LogP contribution in [0.4, 0.5) is 10.5 Å². The van der Waals surface area contributed by atoms with Gasteiger partial charge in [-0.05, 0) is 36.5 Å². The van der Waals surface area contributed by atoms with E-state index in [1.54, 1.807) is 4.90 Å². The second-order valence-electron chi connectivity index (χ2n) is 6.37. The van der Waals surface area contributed by atoms with Gasteiger partial charge in [0.25, 0.3) is 0 Å². The summed E-state index contributed by atoms with van der Waals surface area (Å²) in [5.41, 5.74) is 2.98. The highest BCUT2D eigenvalue weighted by Gasteiger charge is 2.28. The second kappa shape index (κ2) is 7.83. The van der Waals surface area contributed by atoms with Crippen LogP contribution in [-0.4, -0.2) is 35.1 Å². The van der Waals surface area contributed by atoms with Crippen LogP contribution in [0.1, 0.15) is 24.0 Å². The molecule has 130 valence electrons. The zero-order chi connectivity index (χ0) is 17.6. The van der Waals surface area contributed by atoms with Crippen LogP contribution in [0, 0.1) is 5.92 Å². The molecule has 1 aliphatic heterocycles. The average Bonchev–Trinajstić information content (AvgIpc) is 2.64. The largest absolute Gasteiger partial charge is 0.481 e. The first-order chi connectivity index (χ1) is 12.1. The Balaban J connectivity index is 1.70. The molecular weight excluding hydrogens is 316 g/mol. The number of para-hydroxylation sites is 1. The van der Waals surface area contributed by atoms with Gasteiger partial charge in [-0.25, -0.2) is 4.79 Å². The summed E-state index contributed by atoms with van der Waals surface area (Å²) in [7, 11) is 0. The first-order valence-corrected chi connectivity index (χ1v) is 8.54. The number of carboxylic acid groups (broad SMARTS) is 1. The maximum Gasteiger partial charge on any atom is 0.321 e. The molecule has 1 saturated heterocycles. The van der Waals surface area contributed by atoms with Crippen LogP contribution in [-0.2, 0) is 11.2 Å². The van der Waals surface area contributed by atoms with Gasteiger partial charge in [0.15, 0.2) is 0 Å². The molecule has 3 rings (SSSR count). The fourth-order valence-electron chi connectivity index (χ4n) is 3.17. The van der Waals surface area contributed by atoms with Crippen LogP contribution in [0.15, 0.2) is 54.6 Å². The number of likely N-dealkylation sites (tertiary alicyclic amines) is 1. The summed E-state index contributed by atoms with van der Waals surface area (Å²) in [6.07, 6.45) is 2.08. The molecule has 1 fully saturated rings. The topological polar surface area (TPSA) is 69.6 Å². The average molecular weight is 338 g/mol. The fourth-order valence-corrected chi connectivity index (χ4v) is 3.17. The number of piperidine rings is 1. The van der Waals surface area contributed by atoms with Crippen molar-refractivity contribution in [3.8, 4) is 0 Å². The maximum atomic E-state index is 12.6. The fraction of sp³-hybridized carbons (Fsp3) is 0.300. The number of carbonyl (C=O) groups excluding carboxylic acids is 1. The normalized spacial score (nSPS) is 17.1. The van der Waals surface area contributed by atoms with E-state index in [0.29, 0.717) is 13.0 Å². The molecule has 1 heterocycles. The Bertz CT molecular complexity index is 746. The highest BCUT2D eigenvalue weighted by atomic mass is 16.4. The van der Waals surface area contributed by atoms with Crippen molar-refractivity contribution >= 4 is 17.7 Å². The number of nitrogens with one attached hydrogen (secondary N) is 1. The molecule has 0 bridgehead atoms. The van der Waals surface area contributed by atoms with Gasteiger partial charge < -0.3 is 15.3 Å². The summed E-state index contributed by atoms with van der Waals surface area (Å²) in [5.74, 6) is -1.30. The summed E-state index contributed by atoms with van der Waals surface area (Å²) in [6, 6.07) is 17.6. The molecule has 0 saturated carbocycles. The lowest BCUT2D eigenvalue weighted by Gasteiger charge is -2.31. The molecule has 0 radical (unpaired) electrons. The number of urea groups is 1. The molecule has 1 aliphatic rings. The van der Waals surface area contributed by atoms with E-state index in [4.69, 9.17) is 0 Å². The van der Waals surface area contributed by atoms with E-state index in [2.05, 4.69) is 17.4 Å². The summed E-state index contributed by atoms with van der Waals surface area (Å²) in [5, 5.41) is 12.1. The van der Waals surface area contributed by atoms with E-state index in [9.17, 15) is 14.7 Å². The number of amides is 2. The Kier molecular flexibility index (Phi) is 5.33. The highest BCUT2D eigenvalue weighted by molar-refractivity contribution is 5.90. The smallest absolute Gasteiger partial charge is 0.321 e. The van der Waals surface area contributed by atoms with Crippen molar-refractivity contribution in [3.05, 3.63) is 65.7 Å². The minimum atomic E-state index is -0.832. The van der Waals surface area contributed by atoms with Crippen LogP contribution < -0.4 is 5.32 Å². The third kappa shape index (κ3) is 4.38. The lowest BCUT2D eigenvalue weighted by Crippen LogP contribution is -2.44. The van der Waals surface area contributed by atoms with E-state index >= 15 is 0 Å². The van der Waals surface area contributed by atoms with E-state index < -0.39 is 11.9 Å². The Morgan fingerprint density at radius 2 is 1.80 bits per heavy atom. The molecule has 1 unspecified atom stereocenters. The Labute approximate surface area is 147 Å². The van der Waals surface area contributed by atoms with Crippen molar-refractivity contribution in [3.63, 3.8) is 0 Å². The predicted octanol–water partition coefficient (Wildman–Crippen LogP) is 3.61. The summed E-state index contributed by atoms with van der Waals surface area (Å²) >= 11 is 0. The molecule has 1 atom stereocenters. The highest BCUT2D eigenvalue weighted by Crippen LogP contribution is 2.21. The third-order valence-electron chi connectivity index (χ3n) is 4.55. The first kappa shape index (κ1) is 17.0. The van der Waals surface area contributed by atoms with Crippen LogP contribution in [0.25, 0.3) is 0 Å². The Morgan fingerprint density at radius 1 is 1.08 bits per heavy atom. The number of rotatable bonds is 4. The van der Waals surface area contributed by atoms with Crippen molar-refractivity contribution < 1.29 is 14.7 Å². The van der Waals surface area contributed by atoms with Gasteiger partial charge >= 0.3 is 12.0 Å². The molecule has 2 aromatic rings. The SMILES string of the molecule is O=C(O)C1CCCN(C(=O)Nc2ccccc2Cc2ccccc2)C1. The number of aliphatic carboxylic acids is 1. The summed E-state index contributed by atoms with van der Waals surface area (Å²) in [6.45, 7) is 0.860. The number of hydrogen-bond donors (Lipinski definition) is 2. The quantitative estimate of drug-likeness (QED) is 0.895. The monoisotopic (exact) mass is 338 g/mol. The molecule has 0 aromatic heterocycles. The van der Waals surface area contributed by atoms with E-state index in [1.165, 1.54) is 5.56 Å². The molecular formula is C20H22N2O3. The van der Waals surface area contributed by atoms with Crippen molar-refractivity contribution in [2.24, 2.45) is 5.92 Å². The number of anilines is 1. The predicted molar refractivity (Wildman–Crippen MR) is 96.6 cm³/mol. The molecule has 0 spiro atoms. The zero-order valence-electron chi connectivity index (χ0n) is 14.0. The van der Waals surface area contributed by atoms with Gasteiger partial charge in [0, 0.05) is 18.8 Å². The number of hydrogen-bond acceptors (Lipinski definition) is 2. The van der Waals surface area contributed by atoms with Gasteiger partial charge in [0.05, 0.1) is 5.92 Å². The minimum absolute atomic E-state index is 0.230. The van der Waals surface area contributed by atoms with E-state index in [0.717, 1.165) is 24.1 Å². The lowest BCUT2D eigenvalue weighted by molar-refractivity contribution is -0.143. The third-order valence-corrected chi connectivity index (χ3v) is 4.55. The molecule has 0 aliphatic carbocycles. The lowest BCUT2D eigenvalue weighted by atomic mass is 9.98. The Morgan fingerprint density at radius 3 is 2.56 bits per heavy atom. The van der Waals surface area contributed by atoms with Gasteiger partial charge in [-0.2, -0.15) is 0 Å². The van der Waals surface area contributed by atoms with Crippen LogP contribution in [0.5, 0.6) is 0 Å². The van der Waals surface area contributed by atoms with E-state index in [-0.39, 0.29) is 12.6 Å². The second-order valence-corrected chi connectivity index (χ2v) is 6.37. The number of nitrogens with zero attached hydrogens (tertiary/aromatic N) is 1. The maximum absolute atomic E-state index is 12.6. The standard InChI is InChI=1S/C20H22N2O3/c23-19(24)17-10-6-12-22(14-17)20(25)21-18-11-5-4-9-16(18)13-15-7-2-1-3-8-15/h1-5,7-9,11,17H,6,10,12-14H2,(H,21,25)(H,23,24). The van der Waals surface area contributed by atoms with Gasteiger partial charge in [0.1, 0.15) is 0 Å². The minimum Gasteiger partial charge on any atom is -0.481 e. The van der Waals surface area contributed by atoms with E-state index in [1.807, 2.05) is 42.5 Å². The summed E-state index contributed by atoms with van der Waals surface area (Å²) < 4.78 is 0.